The molecule has 7 heteroatoms. The van der Waals surface area contributed by atoms with Gasteiger partial charge in [0.05, 0.1) is 17.0 Å². The van der Waals surface area contributed by atoms with E-state index in [1.54, 1.807) is 30.5 Å². The van der Waals surface area contributed by atoms with E-state index in [0.29, 0.717) is 5.69 Å². The summed E-state index contributed by atoms with van der Waals surface area (Å²) in [4.78, 5) is 28.1. The lowest BCUT2D eigenvalue weighted by Crippen LogP contribution is -2.19. The Morgan fingerprint density at radius 2 is 1.93 bits per heavy atom. The smallest absolute Gasteiger partial charge is 0.250 e. The number of nitrogens with two attached hydrogens (primary N) is 1. The van der Waals surface area contributed by atoms with Gasteiger partial charge in [-0.15, -0.1) is 0 Å². The first kappa shape index (κ1) is 18.7. The average Bonchev–Trinajstić information content (AvgIpc) is 3.11. The average molecular weight is 380 g/mol. The van der Waals surface area contributed by atoms with Crippen LogP contribution in [0.15, 0.2) is 60.0 Å². The number of nitrogens with one attached hydrogen (secondary N) is 1. The highest BCUT2D eigenvalue weighted by Gasteiger charge is 2.13. The lowest BCUT2D eigenvalue weighted by molar-refractivity contribution is -0.113. The fourth-order valence-electron chi connectivity index (χ4n) is 2.59. The Hall–Kier alpha value is -3.06. The van der Waals surface area contributed by atoms with Gasteiger partial charge in [-0.25, -0.2) is 4.98 Å². The topological polar surface area (TPSA) is 90.0 Å². The van der Waals surface area contributed by atoms with Crippen LogP contribution in [0.4, 0.5) is 5.69 Å². The quantitative estimate of drug-likeness (QED) is 0.642. The van der Waals surface area contributed by atoms with Crippen molar-refractivity contribution < 1.29 is 9.59 Å². The summed E-state index contributed by atoms with van der Waals surface area (Å²) >= 11 is 1.32. The van der Waals surface area contributed by atoms with E-state index < -0.39 is 5.91 Å². The van der Waals surface area contributed by atoms with Crippen LogP contribution < -0.4 is 11.1 Å². The van der Waals surface area contributed by atoms with Crippen molar-refractivity contribution in [2.75, 3.05) is 11.1 Å². The lowest BCUT2D eigenvalue weighted by atomic mass is 10.1. The summed E-state index contributed by atoms with van der Waals surface area (Å²) in [5, 5.41) is 3.45. The van der Waals surface area contributed by atoms with E-state index in [1.807, 2.05) is 16.8 Å². The molecule has 138 valence electrons. The molecule has 6 nitrogen and oxygen atoms in total. The molecule has 3 aromatic rings. The van der Waals surface area contributed by atoms with Crippen molar-refractivity contribution in [2.45, 2.75) is 19.0 Å². The third-order valence-electron chi connectivity index (χ3n) is 4.17. The van der Waals surface area contributed by atoms with Gasteiger partial charge in [-0.3, -0.25) is 14.2 Å². The van der Waals surface area contributed by atoms with Crippen LogP contribution in [0.5, 0.6) is 0 Å². The number of hydrogen-bond acceptors (Lipinski definition) is 4. The number of amides is 2. The summed E-state index contributed by atoms with van der Waals surface area (Å²) in [5.41, 5.74) is 9.45. The van der Waals surface area contributed by atoms with Crippen LogP contribution in [0.3, 0.4) is 0 Å². The molecule has 0 radical (unpaired) electrons. The predicted molar refractivity (Wildman–Crippen MR) is 107 cm³/mol. The van der Waals surface area contributed by atoms with Crippen LogP contribution in [0.2, 0.25) is 0 Å². The second-order valence-electron chi connectivity index (χ2n) is 6.10. The van der Waals surface area contributed by atoms with Crippen molar-refractivity contribution in [3.05, 3.63) is 71.5 Å². The fourth-order valence-corrected chi connectivity index (χ4v) is 3.36. The number of benzene rings is 2. The van der Waals surface area contributed by atoms with Gasteiger partial charge in [0, 0.05) is 18.1 Å². The van der Waals surface area contributed by atoms with Gasteiger partial charge in [0.1, 0.15) is 0 Å². The van der Waals surface area contributed by atoms with Gasteiger partial charge in [-0.05, 0) is 49.2 Å². The molecule has 0 bridgehead atoms. The van der Waals surface area contributed by atoms with E-state index in [1.165, 1.54) is 22.9 Å². The van der Waals surface area contributed by atoms with E-state index in [4.69, 9.17) is 5.73 Å². The summed E-state index contributed by atoms with van der Waals surface area (Å²) in [7, 11) is 0. The van der Waals surface area contributed by atoms with Gasteiger partial charge in [0.15, 0.2) is 5.16 Å². The van der Waals surface area contributed by atoms with Gasteiger partial charge < -0.3 is 11.1 Å². The molecule has 0 unspecified atom stereocenters. The number of aromatic nitrogens is 2. The summed E-state index contributed by atoms with van der Waals surface area (Å²) in [6.07, 6.45) is 3.57. The van der Waals surface area contributed by atoms with E-state index >= 15 is 0 Å². The Kier molecular flexibility index (Phi) is 5.61. The Bertz CT molecular complexity index is 997. The van der Waals surface area contributed by atoms with E-state index in [2.05, 4.69) is 36.3 Å². The zero-order valence-electron chi connectivity index (χ0n) is 15.1. The van der Waals surface area contributed by atoms with Crippen LogP contribution in [0.1, 0.15) is 21.5 Å². The molecule has 2 aromatic carbocycles. The molecular formula is C20H20N4O2S. The third kappa shape index (κ3) is 4.38. The highest BCUT2D eigenvalue weighted by atomic mass is 32.2. The van der Waals surface area contributed by atoms with Crippen molar-refractivity contribution in [3.8, 4) is 5.69 Å². The summed E-state index contributed by atoms with van der Waals surface area (Å²) in [6.45, 7) is 4.13. The molecule has 2 amide bonds. The van der Waals surface area contributed by atoms with E-state index in [-0.39, 0.29) is 17.2 Å². The number of aryl methyl sites for hydroxylation is 2. The van der Waals surface area contributed by atoms with Crippen molar-refractivity contribution in [2.24, 2.45) is 5.73 Å². The second-order valence-corrected chi connectivity index (χ2v) is 7.04. The minimum atomic E-state index is -0.580. The first-order valence-corrected chi connectivity index (χ1v) is 9.36. The molecule has 0 aliphatic carbocycles. The number of hydrogen-bond donors (Lipinski definition) is 2. The first-order valence-electron chi connectivity index (χ1n) is 8.38. The van der Waals surface area contributed by atoms with Crippen molar-refractivity contribution >= 4 is 29.3 Å². The molecular weight excluding hydrogens is 360 g/mol. The molecule has 0 saturated heterocycles. The van der Waals surface area contributed by atoms with Gasteiger partial charge in [-0.2, -0.15) is 0 Å². The standard InChI is InChI=1S/C20H20N4O2S/c1-13-7-8-15(11-14(13)2)24-10-9-22-20(24)27-12-18(25)23-17-6-4-3-5-16(17)19(21)26/h3-11H,12H2,1-2H3,(H2,21,26)(H,23,25). The third-order valence-corrected chi connectivity index (χ3v) is 5.14. The van der Waals surface area contributed by atoms with Crippen LogP contribution in [0.25, 0.3) is 5.69 Å². The maximum atomic E-state index is 12.3. The highest BCUT2D eigenvalue weighted by molar-refractivity contribution is 7.99. The molecule has 27 heavy (non-hydrogen) atoms. The van der Waals surface area contributed by atoms with Crippen LogP contribution in [-0.4, -0.2) is 27.1 Å². The molecule has 0 aliphatic heterocycles. The summed E-state index contributed by atoms with van der Waals surface area (Å²) in [6, 6.07) is 12.8. The molecule has 0 aliphatic rings. The Morgan fingerprint density at radius 1 is 1.15 bits per heavy atom. The zero-order valence-corrected chi connectivity index (χ0v) is 15.9. The number of imidazole rings is 1. The Morgan fingerprint density at radius 3 is 2.67 bits per heavy atom. The molecule has 3 rings (SSSR count). The van der Waals surface area contributed by atoms with Gasteiger partial charge >= 0.3 is 0 Å². The SMILES string of the molecule is Cc1ccc(-n2ccnc2SCC(=O)Nc2ccccc2C(N)=O)cc1C. The molecule has 0 saturated carbocycles. The maximum absolute atomic E-state index is 12.3. The van der Waals surface area contributed by atoms with Gasteiger partial charge in [0.25, 0.3) is 5.91 Å². The fraction of sp³-hybridized carbons (Fsp3) is 0.150. The number of anilines is 1. The highest BCUT2D eigenvalue weighted by Crippen LogP contribution is 2.23. The molecule has 0 fully saturated rings. The second kappa shape index (κ2) is 8.09. The van der Waals surface area contributed by atoms with Crippen LogP contribution >= 0.6 is 11.8 Å². The predicted octanol–water partition coefficient (Wildman–Crippen LogP) is 3.32. The number of carbonyl (C=O) groups excluding carboxylic acids is 2. The first-order chi connectivity index (χ1) is 13.0. The summed E-state index contributed by atoms with van der Waals surface area (Å²) in [5.74, 6) is -0.651. The Balaban J connectivity index is 1.69. The number of thioether (sulfide) groups is 1. The van der Waals surface area contributed by atoms with Crippen LogP contribution in [-0.2, 0) is 4.79 Å². The molecule has 3 N–H and O–H groups in total. The number of rotatable bonds is 6. The molecule has 1 heterocycles. The van der Waals surface area contributed by atoms with Gasteiger partial charge in [-0.1, -0.05) is 30.0 Å². The number of primary amides is 1. The van der Waals surface area contributed by atoms with Crippen molar-refractivity contribution in [1.82, 2.24) is 9.55 Å². The van der Waals surface area contributed by atoms with E-state index in [0.717, 1.165) is 10.8 Å². The largest absolute Gasteiger partial charge is 0.366 e. The number of nitrogens with zero attached hydrogens (tertiary/aromatic N) is 2. The van der Waals surface area contributed by atoms with E-state index in [9.17, 15) is 9.59 Å². The number of para-hydroxylation sites is 1. The minimum absolute atomic E-state index is 0.162. The van der Waals surface area contributed by atoms with Crippen molar-refractivity contribution in [3.63, 3.8) is 0 Å². The van der Waals surface area contributed by atoms with Crippen LogP contribution in [0, 0.1) is 13.8 Å². The molecule has 1 aromatic heterocycles. The van der Waals surface area contributed by atoms with Gasteiger partial charge in [0.2, 0.25) is 5.91 Å². The zero-order chi connectivity index (χ0) is 19.4. The lowest BCUT2D eigenvalue weighted by Gasteiger charge is -2.11. The monoisotopic (exact) mass is 380 g/mol. The van der Waals surface area contributed by atoms with Crippen molar-refractivity contribution in [1.29, 1.82) is 0 Å². The minimum Gasteiger partial charge on any atom is -0.366 e. The summed E-state index contributed by atoms with van der Waals surface area (Å²) < 4.78 is 1.95. The molecule has 0 atom stereocenters. The number of carbonyl (C=O) groups is 2. The Labute approximate surface area is 161 Å². The maximum Gasteiger partial charge on any atom is 0.250 e. The normalized spacial score (nSPS) is 10.6. The molecule has 0 spiro atoms.